The Bertz CT molecular complexity index is 560. The summed E-state index contributed by atoms with van der Waals surface area (Å²) in [6.07, 6.45) is 0.570. The number of methoxy groups -OCH3 is 2. The first-order valence-electron chi connectivity index (χ1n) is 7.02. The minimum absolute atomic E-state index is 0. The second-order valence-corrected chi connectivity index (χ2v) is 5.07. The van der Waals surface area contributed by atoms with Gasteiger partial charge in [-0.2, -0.15) is 0 Å². The largest absolute Gasteiger partial charge is 0.497 e. The van der Waals surface area contributed by atoms with E-state index in [1.54, 1.807) is 44.4 Å². The van der Waals surface area contributed by atoms with Crippen molar-refractivity contribution in [3.63, 3.8) is 0 Å². The zero-order valence-corrected chi connectivity index (χ0v) is 14.3. The van der Waals surface area contributed by atoms with E-state index < -0.39 is 6.04 Å². The lowest BCUT2D eigenvalue weighted by molar-refractivity contribution is -0.135. The molecule has 0 aliphatic carbocycles. The molecule has 23 heavy (non-hydrogen) atoms. The molecule has 0 spiro atoms. The van der Waals surface area contributed by atoms with Crippen LogP contribution >= 0.6 is 12.4 Å². The number of halogens is 1. The lowest BCUT2D eigenvalue weighted by Gasteiger charge is -2.24. The second kappa shape index (κ2) is 8.03. The van der Waals surface area contributed by atoms with Crippen LogP contribution in [0.5, 0.6) is 11.5 Å². The van der Waals surface area contributed by atoms with Gasteiger partial charge in [-0.25, -0.2) is 0 Å². The predicted octanol–water partition coefficient (Wildman–Crippen LogP) is 0.648. The smallest absolute Gasteiger partial charge is 0.249 e. The van der Waals surface area contributed by atoms with Gasteiger partial charge in [0.1, 0.15) is 17.5 Å². The first-order valence-corrected chi connectivity index (χ1v) is 7.02. The van der Waals surface area contributed by atoms with Crippen molar-refractivity contribution in [2.45, 2.75) is 12.5 Å². The van der Waals surface area contributed by atoms with E-state index in [9.17, 15) is 9.59 Å². The summed E-state index contributed by atoms with van der Waals surface area (Å²) in [6.45, 7) is 0.426. The predicted molar refractivity (Wildman–Crippen MR) is 89.4 cm³/mol. The van der Waals surface area contributed by atoms with Gasteiger partial charge in [0.05, 0.1) is 26.5 Å². The number of amides is 2. The second-order valence-electron chi connectivity index (χ2n) is 5.07. The summed E-state index contributed by atoms with van der Waals surface area (Å²) in [4.78, 5) is 27.3. The van der Waals surface area contributed by atoms with Crippen molar-refractivity contribution < 1.29 is 19.1 Å². The minimum atomic E-state index is -0.478. The molecule has 0 saturated carbocycles. The van der Waals surface area contributed by atoms with E-state index >= 15 is 0 Å². The van der Waals surface area contributed by atoms with Crippen molar-refractivity contribution in [2.75, 3.05) is 39.3 Å². The molecule has 1 heterocycles. The number of anilines is 1. The third kappa shape index (κ3) is 3.86. The molecule has 1 atom stereocenters. The number of hydrogen-bond donors (Lipinski definition) is 1. The van der Waals surface area contributed by atoms with E-state index in [-0.39, 0.29) is 30.8 Å². The maximum atomic E-state index is 12.6. The molecule has 1 unspecified atom stereocenters. The fraction of sp³-hybridized carbons (Fsp3) is 0.467. The average molecular weight is 344 g/mol. The fourth-order valence-electron chi connectivity index (χ4n) is 2.55. The zero-order valence-electron chi connectivity index (χ0n) is 13.4. The molecule has 0 radical (unpaired) electrons. The van der Waals surface area contributed by atoms with E-state index in [1.807, 2.05) is 0 Å². The minimum Gasteiger partial charge on any atom is -0.497 e. The standard InChI is InChI=1S/C15H21N3O4.ClH/c1-17(14(19)9-16)13-4-5-18(15(13)20)10-6-11(21-2)8-12(7-10)22-3;/h6-8,13H,4-5,9,16H2,1-3H3;1H. The molecular formula is C15H22ClN3O4. The van der Waals surface area contributed by atoms with Crippen LogP contribution in [0.4, 0.5) is 5.69 Å². The molecule has 128 valence electrons. The summed E-state index contributed by atoms with van der Waals surface area (Å²) in [5.74, 6) is 0.844. The fourth-order valence-corrected chi connectivity index (χ4v) is 2.55. The van der Waals surface area contributed by atoms with Gasteiger partial charge in [0.15, 0.2) is 0 Å². The van der Waals surface area contributed by atoms with Gasteiger partial charge < -0.3 is 25.0 Å². The van der Waals surface area contributed by atoms with Crippen molar-refractivity contribution in [1.82, 2.24) is 4.90 Å². The number of benzene rings is 1. The average Bonchev–Trinajstić information content (AvgIpc) is 2.94. The van der Waals surface area contributed by atoms with Crippen molar-refractivity contribution in [2.24, 2.45) is 5.73 Å². The topological polar surface area (TPSA) is 85.1 Å². The molecule has 0 aromatic heterocycles. The molecule has 1 saturated heterocycles. The molecule has 2 N–H and O–H groups in total. The number of ether oxygens (including phenoxy) is 2. The molecule has 2 amide bonds. The van der Waals surface area contributed by atoms with Crippen molar-refractivity contribution >= 4 is 29.9 Å². The Balaban J connectivity index is 0.00000264. The SMILES string of the molecule is COc1cc(OC)cc(N2CCC(N(C)C(=O)CN)C2=O)c1.Cl. The van der Waals surface area contributed by atoms with Crippen LogP contribution in [0.2, 0.25) is 0 Å². The molecule has 1 aliphatic rings. The highest BCUT2D eigenvalue weighted by Gasteiger charge is 2.37. The molecule has 8 heteroatoms. The summed E-state index contributed by atoms with van der Waals surface area (Å²) >= 11 is 0. The Morgan fingerprint density at radius 1 is 1.30 bits per heavy atom. The first kappa shape index (κ1) is 19.1. The Morgan fingerprint density at radius 2 is 1.87 bits per heavy atom. The van der Waals surface area contributed by atoms with Crippen molar-refractivity contribution in [1.29, 1.82) is 0 Å². The number of hydrogen-bond acceptors (Lipinski definition) is 5. The van der Waals surface area contributed by atoms with Gasteiger partial charge in [-0.05, 0) is 6.42 Å². The van der Waals surface area contributed by atoms with E-state index in [0.717, 1.165) is 0 Å². The highest BCUT2D eigenvalue weighted by atomic mass is 35.5. The van der Waals surface area contributed by atoms with Crippen LogP contribution in [-0.2, 0) is 9.59 Å². The lowest BCUT2D eigenvalue weighted by atomic mass is 10.2. The first-order chi connectivity index (χ1) is 10.5. The quantitative estimate of drug-likeness (QED) is 0.848. The summed E-state index contributed by atoms with van der Waals surface area (Å²) in [6, 6.07) is 4.81. The van der Waals surface area contributed by atoms with Crippen molar-refractivity contribution in [3.8, 4) is 11.5 Å². The maximum absolute atomic E-state index is 12.6. The monoisotopic (exact) mass is 343 g/mol. The van der Waals surface area contributed by atoms with Gasteiger partial charge in [0.2, 0.25) is 11.8 Å². The van der Waals surface area contributed by atoms with E-state index in [2.05, 4.69) is 0 Å². The summed E-state index contributed by atoms with van der Waals surface area (Å²) in [5, 5.41) is 0. The molecule has 1 aromatic carbocycles. The molecular weight excluding hydrogens is 322 g/mol. The molecule has 1 aliphatic heterocycles. The Hall–Kier alpha value is -1.99. The van der Waals surface area contributed by atoms with Crippen LogP contribution in [0.1, 0.15) is 6.42 Å². The van der Waals surface area contributed by atoms with Crippen LogP contribution in [0.15, 0.2) is 18.2 Å². The van der Waals surface area contributed by atoms with Gasteiger partial charge in [-0.3, -0.25) is 9.59 Å². The van der Waals surface area contributed by atoms with E-state index in [4.69, 9.17) is 15.2 Å². The normalized spacial score (nSPS) is 16.8. The van der Waals surface area contributed by atoms with Crippen molar-refractivity contribution in [3.05, 3.63) is 18.2 Å². The highest BCUT2D eigenvalue weighted by Crippen LogP contribution is 2.31. The Morgan fingerprint density at radius 3 is 2.35 bits per heavy atom. The van der Waals surface area contributed by atoms with Gasteiger partial charge in [-0.15, -0.1) is 12.4 Å². The van der Waals surface area contributed by atoms with Gasteiger partial charge in [0, 0.05) is 31.8 Å². The third-order valence-electron chi connectivity index (χ3n) is 3.86. The summed E-state index contributed by atoms with van der Waals surface area (Å²) in [7, 11) is 4.72. The molecule has 1 fully saturated rings. The molecule has 0 bridgehead atoms. The highest BCUT2D eigenvalue weighted by molar-refractivity contribution is 6.01. The van der Waals surface area contributed by atoms with Crippen LogP contribution in [-0.4, -0.2) is 57.1 Å². The van der Waals surface area contributed by atoms with Crippen LogP contribution in [0.3, 0.4) is 0 Å². The van der Waals surface area contributed by atoms with Gasteiger partial charge in [-0.1, -0.05) is 0 Å². The number of rotatable bonds is 5. The lowest BCUT2D eigenvalue weighted by Crippen LogP contribution is -2.45. The number of carbonyl (C=O) groups excluding carboxylic acids is 2. The van der Waals surface area contributed by atoms with Crippen LogP contribution in [0, 0.1) is 0 Å². The summed E-state index contributed by atoms with van der Waals surface area (Å²) < 4.78 is 10.4. The molecule has 7 nitrogen and oxygen atoms in total. The van der Waals surface area contributed by atoms with Gasteiger partial charge >= 0.3 is 0 Å². The van der Waals surface area contributed by atoms with Gasteiger partial charge in [0.25, 0.3) is 0 Å². The molecule has 2 rings (SSSR count). The third-order valence-corrected chi connectivity index (χ3v) is 3.86. The summed E-state index contributed by atoms with van der Waals surface area (Å²) in [5.41, 5.74) is 6.05. The van der Waals surface area contributed by atoms with E-state index in [0.29, 0.717) is 30.2 Å². The Kier molecular flexibility index (Phi) is 6.65. The number of nitrogens with zero attached hydrogens (tertiary/aromatic N) is 2. The van der Waals surface area contributed by atoms with Crippen LogP contribution in [0.25, 0.3) is 0 Å². The number of nitrogens with two attached hydrogens (primary N) is 1. The Labute approximate surface area is 141 Å². The zero-order chi connectivity index (χ0) is 16.3. The molecule has 1 aromatic rings. The van der Waals surface area contributed by atoms with Crippen LogP contribution < -0.4 is 20.1 Å². The number of likely N-dealkylation sites (N-methyl/N-ethyl adjacent to an activating group) is 1. The van der Waals surface area contributed by atoms with E-state index in [1.165, 1.54) is 4.90 Å². The number of carbonyl (C=O) groups is 2. The maximum Gasteiger partial charge on any atom is 0.249 e.